The molecule has 0 aromatic rings. The highest BCUT2D eigenvalue weighted by Crippen LogP contribution is 2.65. The standard InChI is InChI=1S/C36H61N5O7S/c1-12-18-37-30(44)27(42)24(19-22(2)3)38-29(43)26-25-23(35(25,10)11)20-41(26)31(45)28(33(4,5)6)39-32(46)40-36(16-14-13-15-17-36)21-49(47,48)34(7,8)9/h12,22-26,28H,1,13-21H2,2-11H3,(H,37,44)(H,38,43)(H2,39,40,46)/t23-,24?,25-,26-,28+/m0/s1. The minimum Gasteiger partial charge on any atom is -0.346 e. The largest absolute Gasteiger partial charge is 0.346 e. The first-order valence-corrected chi connectivity index (χ1v) is 19.4. The van der Waals surface area contributed by atoms with Crippen molar-refractivity contribution in [2.24, 2.45) is 28.6 Å². The summed E-state index contributed by atoms with van der Waals surface area (Å²) in [6, 6.07) is -3.64. The second-order valence-corrected chi connectivity index (χ2v) is 20.3. The van der Waals surface area contributed by atoms with Gasteiger partial charge in [-0.1, -0.05) is 73.8 Å². The monoisotopic (exact) mass is 707 g/mol. The van der Waals surface area contributed by atoms with Gasteiger partial charge in [0.05, 0.1) is 22.1 Å². The molecule has 1 unspecified atom stereocenters. The fraction of sp³-hybridized carbons (Fsp3) is 0.806. The summed E-state index contributed by atoms with van der Waals surface area (Å²) < 4.78 is 25.6. The van der Waals surface area contributed by atoms with Crippen LogP contribution >= 0.6 is 0 Å². The van der Waals surface area contributed by atoms with E-state index in [0.29, 0.717) is 19.4 Å². The molecule has 2 saturated carbocycles. The van der Waals surface area contributed by atoms with Crippen LogP contribution in [0, 0.1) is 28.6 Å². The SMILES string of the molecule is C=CCNC(=O)C(=O)C(CC(C)C)NC(=O)[C@@H]1[C@@H]2[C@H](CN1C(=O)[C@@H](NC(=O)NC1(CS(=O)(=O)C(C)(C)C)CCCCC1)C(C)(C)C)C2(C)C. The number of sulfone groups is 1. The van der Waals surface area contributed by atoms with E-state index in [1.54, 1.807) is 20.8 Å². The Morgan fingerprint density at radius 2 is 1.55 bits per heavy atom. The Bertz CT molecular complexity index is 1400. The lowest BCUT2D eigenvalue weighted by Gasteiger charge is -2.41. The van der Waals surface area contributed by atoms with Crippen molar-refractivity contribution in [1.29, 1.82) is 0 Å². The number of fused-ring (bicyclic) bond motifs is 1. The molecule has 12 nitrogen and oxygen atoms in total. The number of nitrogens with one attached hydrogen (secondary N) is 4. The molecule has 3 fully saturated rings. The molecule has 1 saturated heterocycles. The van der Waals surface area contributed by atoms with Crippen molar-refractivity contribution >= 4 is 39.4 Å². The number of amides is 5. The van der Waals surface area contributed by atoms with Crippen molar-refractivity contribution in [3.8, 4) is 0 Å². The smallest absolute Gasteiger partial charge is 0.315 e. The van der Waals surface area contributed by atoms with Crippen LogP contribution in [0.4, 0.5) is 4.79 Å². The van der Waals surface area contributed by atoms with E-state index in [2.05, 4.69) is 27.8 Å². The number of rotatable bonds is 13. The molecule has 49 heavy (non-hydrogen) atoms. The quantitative estimate of drug-likeness (QED) is 0.168. The number of likely N-dealkylation sites (tertiary alicyclic amines) is 1. The number of ketones is 1. The minimum atomic E-state index is -3.57. The number of Topliss-reactive ketones (excluding diaryl/α,β-unsaturated/α-hetero) is 1. The molecule has 5 amide bonds. The molecule has 5 atom stereocenters. The summed E-state index contributed by atoms with van der Waals surface area (Å²) in [7, 11) is -3.57. The number of carbonyl (C=O) groups is 5. The van der Waals surface area contributed by atoms with E-state index < -0.39 is 73.2 Å². The zero-order valence-electron chi connectivity index (χ0n) is 31.3. The predicted octanol–water partition coefficient (Wildman–Crippen LogP) is 3.50. The first kappa shape index (κ1) is 40.5. The third-order valence-electron chi connectivity index (χ3n) is 10.7. The van der Waals surface area contributed by atoms with Gasteiger partial charge >= 0.3 is 6.03 Å². The number of piperidine rings is 1. The topological polar surface area (TPSA) is 171 Å². The second kappa shape index (κ2) is 14.7. The van der Waals surface area contributed by atoms with Crippen molar-refractivity contribution in [2.45, 2.75) is 136 Å². The average Bonchev–Trinajstić information content (AvgIpc) is 3.28. The maximum absolute atomic E-state index is 14.4. The van der Waals surface area contributed by atoms with Gasteiger partial charge in [0, 0.05) is 13.1 Å². The van der Waals surface area contributed by atoms with Crippen molar-refractivity contribution < 1.29 is 32.4 Å². The predicted molar refractivity (Wildman–Crippen MR) is 190 cm³/mol. The Morgan fingerprint density at radius 3 is 2.06 bits per heavy atom. The van der Waals surface area contributed by atoms with E-state index in [1.807, 2.05) is 48.5 Å². The van der Waals surface area contributed by atoms with Crippen LogP contribution in [0.2, 0.25) is 0 Å². The molecule has 0 radical (unpaired) electrons. The Kier molecular flexibility index (Phi) is 12.2. The van der Waals surface area contributed by atoms with Crippen LogP contribution in [-0.2, 0) is 29.0 Å². The average molecular weight is 708 g/mol. The van der Waals surface area contributed by atoms with E-state index in [0.717, 1.165) is 19.3 Å². The third kappa shape index (κ3) is 9.24. The lowest BCUT2D eigenvalue weighted by Crippen LogP contribution is -2.64. The van der Waals surface area contributed by atoms with Crippen LogP contribution in [0.5, 0.6) is 0 Å². The first-order valence-electron chi connectivity index (χ1n) is 17.7. The Morgan fingerprint density at radius 1 is 0.959 bits per heavy atom. The molecule has 278 valence electrons. The lowest BCUT2D eigenvalue weighted by atomic mass is 9.83. The van der Waals surface area contributed by atoms with E-state index in [4.69, 9.17) is 0 Å². The maximum atomic E-state index is 14.4. The van der Waals surface area contributed by atoms with E-state index in [9.17, 15) is 32.4 Å². The van der Waals surface area contributed by atoms with Crippen LogP contribution in [0.25, 0.3) is 0 Å². The molecule has 1 aliphatic heterocycles. The van der Waals surface area contributed by atoms with Crippen molar-refractivity contribution in [2.75, 3.05) is 18.8 Å². The van der Waals surface area contributed by atoms with E-state index >= 15 is 0 Å². The summed E-state index contributed by atoms with van der Waals surface area (Å²) >= 11 is 0. The van der Waals surface area contributed by atoms with Gasteiger partial charge in [-0.15, -0.1) is 6.58 Å². The fourth-order valence-electron chi connectivity index (χ4n) is 7.52. The van der Waals surface area contributed by atoms with Crippen LogP contribution in [0.3, 0.4) is 0 Å². The van der Waals surface area contributed by atoms with E-state index in [1.165, 1.54) is 11.0 Å². The number of hydrogen-bond donors (Lipinski definition) is 4. The zero-order chi connectivity index (χ0) is 37.3. The molecule has 13 heteroatoms. The van der Waals surface area contributed by atoms with Crippen LogP contribution in [-0.4, -0.2) is 90.1 Å². The van der Waals surface area contributed by atoms with E-state index in [-0.39, 0.29) is 41.9 Å². The van der Waals surface area contributed by atoms with Gasteiger partial charge in [0.2, 0.25) is 17.6 Å². The summed E-state index contributed by atoms with van der Waals surface area (Å²) in [5.41, 5.74) is -1.95. The molecule has 0 aromatic heterocycles. The molecule has 3 aliphatic rings. The van der Waals surface area contributed by atoms with Crippen molar-refractivity contribution in [3.05, 3.63) is 12.7 Å². The van der Waals surface area contributed by atoms with Gasteiger partial charge in [-0.25, -0.2) is 13.2 Å². The van der Waals surface area contributed by atoms with Crippen molar-refractivity contribution in [3.63, 3.8) is 0 Å². The van der Waals surface area contributed by atoms with Gasteiger partial charge in [0.1, 0.15) is 12.1 Å². The first-order chi connectivity index (χ1) is 22.4. The highest BCUT2D eigenvalue weighted by Gasteiger charge is 2.70. The van der Waals surface area contributed by atoms with Gasteiger partial charge < -0.3 is 26.2 Å². The summed E-state index contributed by atoms with van der Waals surface area (Å²) in [5.74, 6) is -2.83. The number of urea groups is 1. The summed E-state index contributed by atoms with van der Waals surface area (Å²) in [5, 5.41) is 11.2. The van der Waals surface area contributed by atoms with Gasteiger partial charge in [0.15, 0.2) is 9.84 Å². The molecule has 0 aromatic carbocycles. The normalized spacial score (nSPS) is 24.2. The lowest BCUT2D eigenvalue weighted by molar-refractivity contribution is -0.145. The number of carbonyl (C=O) groups excluding carboxylic acids is 5. The molecule has 1 heterocycles. The summed E-state index contributed by atoms with van der Waals surface area (Å²) in [6.45, 7) is 22.3. The molecule has 2 aliphatic carbocycles. The molecular weight excluding hydrogens is 646 g/mol. The van der Waals surface area contributed by atoms with Gasteiger partial charge in [-0.3, -0.25) is 19.2 Å². The number of hydrogen-bond acceptors (Lipinski definition) is 7. The molecule has 4 N–H and O–H groups in total. The highest BCUT2D eigenvalue weighted by molar-refractivity contribution is 7.92. The number of nitrogens with zero attached hydrogens (tertiary/aromatic N) is 1. The molecule has 0 spiro atoms. The molecule has 3 rings (SSSR count). The second-order valence-electron chi connectivity index (χ2n) is 17.6. The zero-order valence-corrected chi connectivity index (χ0v) is 32.1. The fourth-order valence-corrected chi connectivity index (χ4v) is 9.04. The summed E-state index contributed by atoms with van der Waals surface area (Å²) in [6.07, 6.45) is 5.23. The third-order valence-corrected chi connectivity index (χ3v) is 13.5. The van der Waals surface area contributed by atoms with Crippen LogP contribution in [0.15, 0.2) is 12.7 Å². The highest BCUT2D eigenvalue weighted by atomic mass is 32.2. The molecular formula is C36H61N5O7S. The summed E-state index contributed by atoms with van der Waals surface area (Å²) in [4.78, 5) is 69.5. The van der Waals surface area contributed by atoms with Crippen LogP contribution < -0.4 is 21.3 Å². The van der Waals surface area contributed by atoms with Gasteiger partial charge in [-0.05, 0) is 68.6 Å². The van der Waals surface area contributed by atoms with Crippen LogP contribution in [0.1, 0.15) is 108 Å². The Hall–Kier alpha value is -2.96. The maximum Gasteiger partial charge on any atom is 0.315 e. The molecule has 0 bridgehead atoms. The Balaban J connectivity index is 1.87. The van der Waals surface area contributed by atoms with Gasteiger partial charge in [-0.2, -0.15) is 0 Å². The van der Waals surface area contributed by atoms with Crippen molar-refractivity contribution in [1.82, 2.24) is 26.2 Å². The Labute approximate surface area is 293 Å². The minimum absolute atomic E-state index is 0.00768. The van der Waals surface area contributed by atoms with Gasteiger partial charge in [0.25, 0.3) is 5.91 Å².